The average Bonchev–Trinajstić information content (AvgIpc) is 3.03. The van der Waals surface area contributed by atoms with Gasteiger partial charge < -0.3 is 10.2 Å². The van der Waals surface area contributed by atoms with Crippen LogP contribution in [0.3, 0.4) is 0 Å². The predicted molar refractivity (Wildman–Crippen MR) is 89.5 cm³/mol. The zero-order valence-electron chi connectivity index (χ0n) is 13.7. The number of hydrogen-bond acceptors (Lipinski definition) is 3. The van der Waals surface area contributed by atoms with Crippen LogP contribution in [0.25, 0.3) is 5.65 Å². The van der Waals surface area contributed by atoms with Crippen LogP contribution >= 0.6 is 0 Å². The molecule has 0 aromatic carbocycles. The lowest BCUT2D eigenvalue weighted by Crippen LogP contribution is -2.45. The number of nitrogens with zero attached hydrogens (tertiary/aromatic N) is 4. The highest BCUT2D eigenvalue weighted by molar-refractivity contribution is 5.74. The number of carbonyl (C=O) groups excluding carboxylic acids is 1. The van der Waals surface area contributed by atoms with Gasteiger partial charge in [0.2, 0.25) is 0 Å². The molecule has 124 valence electrons. The molecule has 1 fully saturated rings. The number of urea groups is 1. The molecular weight excluding hydrogens is 290 g/mol. The average molecular weight is 315 g/mol. The second-order valence-corrected chi connectivity index (χ2v) is 6.21. The molecule has 1 saturated heterocycles. The highest BCUT2D eigenvalue weighted by atomic mass is 16.2. The Balaban J connectivity index is 1.63. The van der Waals surface area contributed by atoms with E-state index in [1.165, 1.54) is 6.42 Å². The van der Waals surface area contributed by atoms with E-state index in [9.17, 15) is 4.79 Å². The maximum atomic E-state index is 12.3. The van der Waals surface area contributed by atoms with Crippen molar-refractivity contribution in [1.82, 2.24) is 24.8 Å². The van der Waals surface area contributed by atoms with Crippen molar-refractivity contribution < 1.29 is 4.79 Å². The molecule has 1 N–H and O–H groups in total. The summed E-state index contributed by atoms with van der Waals surface area (Å²) in [7, 11) is 0. The number of carbonyl (C=O) groups is 1. The number of unbranched alkanes of at least 4 members (excludes halogenated alkanes) is 2. The largest absolute Gasteiger partial charge is 0.338 e. The number of pyridine rings is 1. The molecule has 0 aliphatic carbocycles. The molecule has 6 nitrogen and oxygen atoms in total. The number of aromatic nitrogens is 3. The molecule has 0 bridgehead atoms. The Morgan fingerprint density at radius 3 is 3.13 bits per heavy atom. The molecule has 1 aliphatic rings. The van der Waals surface area contributed by atoms with Gasteiger partial charge in [-0.15, -0.1) is 10.2 Å². The Morgan fingerprint density at radius 1 is 1.35 bits per heavy atom. The van der Waals surface area contributed by atoms with Gasteiger partial charge >= 0.3 is 6.03 Å². The molecule has 0 saturated carbocycles. The van der Waals surface area contributed by atoms with Gasteiger partial charge in [0.25, 0.3) is 0 Å². The monoisotopic (exact) mass is 315 g/mol. The third-order valence-electron chi connectivity index (χ3n) is 4.47. The molecule has 0 spiro atoms. The first-order valence-corrected chi connectivity index (χ1v) is 8.62. The van der Waals surface area contributed by atoms with Crippen LogP contribution in [0.5, 0.6) is 0 Å². The van der Waals surface area contributed by atoms with Gasteiger partial charge in [0.15, 0.2) is 5.65 Å². The second-order valence-electron chi connectivity index (χ2n) is 6.21. The summed E-state index contributed by atoms with van der Waals surface area (Å²) in [6.45, 7) is 4.48. The topological polar surface area (TPSA) is 62.5 Å². The van der Waals surface area contributed by atoms with Gasteiger partial charge in [-0.2, -0.15) is 0 Å². The molecule has 1 aliphatic heterocycles. The van der Waals surface area contributed by atoms with Crippen molar-refractivity contribution in [1.29, 1.82) is 0 Å². The standard InChI is InChI=1S/C17H25N5O/c1-2-3-5-10-18-17(23)21-11-7-8-14(13-21)16-20-19-15-9-4-6-12-22(15)16/h4,6,9,12,14H,2-3,5,7-8,10-11,13H2,1H3,(H,18,23). The summed E-state index contributed by atoms with van der Waals surface area (Å²) < 4.78 is 2.04. The Labute approximate surface area is 136 Å². The SMILES string of the molecule is CCCCCNC(=O)N1CCCC(c2nnc3ccccn23)C1. The van der Waals surface area contributed by atoms with E-state index in [0.717, 1.165) is 56.8 Å². The summed E-state index contributed by atoms with van der Waals surface area (Å²) in [4.78, 5) is 14.2. The fourth-order valence-electron chi connectivity index (χ4n) is 3.19. The zero-order chi connectivity index (χ0) is 16.1. The summed E-state index contributed by atoms with van der Waals surface area (Å²) in [5, 5.41) is 11.6. The van der Waals surface area contributed by atoms with Gasteiger partial charge in [-0.1, -0.05) is 25.8 Å². The van der Waals surface area contributed by atoms with Gasteiger partial charge in [0, 0.05) is 31.7 Å². The molecule has 1 unspecified atom stereocenters. The van der Waals surface area contributed by atoms with Crippen molar-refractivity contribution in [3.05, 3.63) is 30.2 Å². The van der Waals surface area contributed by atoms with Crippen LogP contribution in [0.15, 0.2) is 24.4 Å². The van der Waals surface area contributed by atoms with E-state index in [4.69, 9.17) is 0 Å². The highest BCUT2D eigenvalue weighted by Crippen LogP contribution is 2.26. The van der Waals surface area contributed by atoms with Crippen LogP contribution in [0.2, 0.25) is 0 Å². The molecule has 2 aromatic heterocycles. The van der Waals surface area contributed by atoms with Crippen molar-refractivity contribution in [2.24, 2.45) is 0 Å². The summed E-state index contributed by atoms with van der Waals surface area (Å²) in [6.07, 6.45) is 7.43. The normalized spacial score (nSPS) is 18.3. The van der Waals surface area contributed by atoms with Crippen LogP contribution < -0.4 is 5.32 Å². The third-order valence-corrected chi connectivity index (χ3v) is 4.47. The van der Waals surface area contributed by atoms with E-state index in [2.05, 4.69) is 22.4 Å². The quantitative estimate of drug-likeness (QED) is 0.863. The fraction of sp³-hybridized carbons (Fsp3) is 0.588. The van der Waals surface area contributed by atoms with Gasteiger partial charge in [-0.3, -0.25) is 4.40 Å². The minimum absolute atomic E-state index is 0.0552. The smallest absolute Gasteiger partial charge is 0.317 e. The minimum atomic E-state index is 0.0552. The Hall–Kier alpha value is -2.11. The number of likely N-dealkylation sites (tertiary alicyclic amines) is 1. The summed E-state index contributed by atoms with van der Waals surface area (Å²) >= 11 is 0. The molecular formula is C17H25N5O. The Bertz CT molecular complexity index is 653. The summed E-state index contributed by atoms with van der Waals surface area (Å²) in [6, 6.07) is 5.96. The van der Waals surface area contributed by atoms with Crippen molar-refractivity contribution in [2.45, 2.75) is 44.9 Å². The first-order valence-electron chi connectivity index (χ1n) is 8.62. The van der Waals surface area contributed by atoms with Crippen LogP contribution in [0.4, 0.5) is 4.79 Å². The molecule has 23 heavy (non-hydrogen) atoms. The van der Waals surface area contributed by atoms with E-state index in [1.54, 1.807) is 0 Å². The number of hydrogen-bond donors (Lipinski definition) is 1. The van der Waals surface area contributed by atoms with Gasteiger partial charge in [-0.05, 0) is 31.4 Å². The zero-order valence-corrected chi connectivity index (χ0v) is 13.7. The van der Waals surface area contributed by atoms with Gasteiger partial charge in [0.1, 0.15) is 5.82 Å². The van der Waals surface area contributed by atoms with Crippen molar-refractivity contribution in [3.8, 4) is 0 Å². The highest BCUT2D eigenvalue weighted by Gasteiger charge is 2.27. The van der Waals surface area contributed by atoms with E-state index in [-0.39, 0.29) is 11.9 Å². The van der Waals surface area contributed by atoms with Crippen LogP contribution in [0, 0.1) is 0 Å². The molecule has 1 atom stereocenters. The molecule has 0 radical (unpaired) electrons. The van der Waals surface area contributed by atoms with Crippen LogP contribution in [0.1, 0.15) is 50.8 Å². The molecule has 2 aromatic rings. The molecule has 6 heteroatoms. The summed E-state index contributed by atoms with van der Waals surface area (Å²) in [5.74, 6) is 1.21. The van der Waals surface area contributed by atoms with Gasteiger partial charge in [-0.25, -0.2) is 4.79 Å². The van der Waals surface area contributed by atoms with Gasteiger partial charge in [0.05, 0.1) is 0 Å². The first kappa shape index (κ1) is 15.8. The van der Waals surface area contributed by atoms with E-state index in [1.807, 2.05) is 33.7 Å². The summed E-state index contributed by atoms with van der Waals surface area (Å²) in [5.41, 5.74) is 0.864. The predicted octanol–water partition coefficient (Wildman–Crippen LogP) is 2.81. The van der Waals surface area contributed by atoms with E-state index >= 15 is 0 Å². The molecule has 3 heterocycles. The third kappa shape index (κ3) is 3.63. The van der Waals surface area contributed by atoms with E-state index < -0.39 is 0 Å². The number of rotatable bonds is 5. The van der Waals surface area contributed by atoms with E-state index in [0.29, 0.717) is 0 Å². The lowest BCUT2D eigenvalue weighted by Gasteiger charge is -2.32. The Kier molecular flexibility index (Phi) is 5.10. The number of nitrogens with one attached hydrogen (secondary N) is 1. The number of piperidine rings is 1. The lowest BCUT2D eigenvalue weighted by atomic mass is 9.97. The molecule has 2 amide bonds. The second kappa shape index (κ2) is 7.44. The minimum Gasteiger partial charge on any atom is -0.338 e. The molecule has 3 rings (SSSR count). The maximum Gasteiger partial charge on any atom is 0.317 e. The first-order chi connectivity index (χ1) is 11.3. The van der Waals surface area contributed by atoms with Crippen LogP contribution in [-0.4, -0.2) is 45.2 Å². The van der Waals surface area contributed by atoms with Crippen molar-refractivity contribution in [3.63, 3.8) is 0 Å². The van der Waals surface area contributed by atoms with Crippen molar-refractivity contribution in [2.75, 3.05) is 19.6 Å². The number of amides is 2. The Morgan fingerprint density at radius 2 is 2.26 bits per heavy atom. The van der Waals surface area contributed by atoms with Crippen molar-refractivity contribution >= 4 is 11.7 Å². The fourth-order valence-corrected chi connectivity index (χ4v) is 3.19. The van der Waals surface area contributed by atoms with Crippen LogP contribution in [-0.2, 0) is 0 Å². The number of fused-ring (bicyclic) bond motifs is 1. The lowest BCUT2D eigenvalue weighted by molar-refractivity contribution is 0.178. The maximum absolute atomic E-state index is 12.3.